The zero-order chi connectivity index (χ0) is 9.84. The molecule has 0 aliphatic carbocycles. The Hall–Kier alpha value is -1.16. The molecule has 2 N–H and O–H groups in total. The smallest absolute Gasteiger partial charge is 0.146 e. The zero-order valence-electron chi connectivity index (χ0n) is 8.36. The number of nitrogens with two attached hydrogens (primary N) is 1. The fourth-order valence-electron chi connectivity index (χ4n) is 1.16. The van der Waals surface area contributed by atoms with Gasteiger partial charge in [0, 0.05) is 12.4 Å². The van der Waals surface area contributed by atoms with Crippen molar-refractivity contribution in [2.45, 2.75) is 19.9 Å². The first kappa shape index (κ1) is 9.92. The summed E-state index contributed by atoms with van der Waals surface area (Å²) in [4.78, 5) is 10.4. The summed E-state index contributed by atoms with van der Waals surface area (Å²) in [6, 6.07) is 0.221. The normalized spacial score (nSPS) is 13.2. The number of anilines is 1. The van der Waals surface area contributed by atoms with Crippen molar-refractivity contribution in [1.82, 2.24) is 14.9 Å². The quantitative estimate of drug-likeness (QED) is 0.756. The lowest BCUT2D eigenvalue weighted by molar-refractivity contribution is 0.271. The zero-order valence-corrected chi connectivity index (χ0v) is 8.36. The van der Waals surface area contributed by atoms with Gasteiger partial charge in [0.05, 0.1) is 11.7 Å². The Labute approximate surface area is 78.8 Å². The highest BCUT2D eigenvalue weighted by atomic mass is 15.1. The Bertz CT molecular complexity index is 274. The molecule has 4 heteroatoms. The lowest BCUT2D eigenvalue weighted by Gasteiger charge is -2.22. The highest BCUT2D eigenvalue weighted by Gasteiger charge is 2.14. The first-order valence-electron chi connectivity index (χ1n) is 4.43. The second-order valence-electron chi connectivity index (χ2n) is 3.08. The van der Waals surface area contributed by atoms with Crippen molar-refractivity contribution < 1.29 is 0 Å². The van der Waals surface area contributed by atoms with Gasteiger partial charge in [-0.2, -0.15) is 0 Å². The van der Waals surface area contributed by atoms with Crippen molar-refractivity contribution in [3.63, 3.8) is 0 Å². The molecule has 1 rings (SSSR count). The number of hydrogen-bond donors (Lipinski definition) is 1. The average Bonchev–Trinajstić information content (AvgIpc) is 2.16. The molecule has 1 atom stereocenters. The summed E-state index contributed by atoms with van der Waals surface area (Å²) in [5.41, 5.74) is 6.57. The van der Waals surface area contributed by atoms with Gasteiger partial charge >= 0.3 is 0 Å². The van der Waals surface area contributed by atoms with Crippen molar-refractivity contribution >= 4 is 5.82 Å². The lowest BCUT2D eigenvalue weighted by Crippen LogP contribution is -2.23. The van der Waals surface area contributed by atoms with Crippen LogP contribution in [0.15, 0.2) is 12.4 Å². The van der Waals surface area contributed by atoms with Crippen LogP contribution in [0.25, 0.3) is 0 Å². The van der Waals surface area contributed by atoms with Gasteiger partial charge in [-0.1, -0.05) is 6.92 Å². The summed E-state index contributed by atoms with van der Waals surface area (Å²) in [5, 5.41) is 0. The SMILES string of the molecule is CCN(C)C(C)c1nccnc1N. The number of nitrogens with zero attached hydrogens (tertiary/aromatic N) is 3. The molecule has 4 nitrogen and oxygen atoms in total. The van der Waals surface area contributed by atoms with Gasteiger partial charge in [-0.3, -0.25) is 9.88 Å². The van der Waals surface area contributed by atoms with E-state index in [0.717, 1.165) is 12.2 Å². The first-order chi connectivity index (χ1) is 6.16. The molecule has 0 aliphatic heterocycles. The van der Waals surface area contributed by atoms with E-state index in [-0.39, 0.29) is 6.04 Å². The standard InChI is InChI=1S/C9H16N4/c1-4-13(3)7(2)8-9(10)12-6-5-11-8/h5-7H,4H2,1-3H3,(H2,10,12). The van der Waals surface area contributed by atoms with Crippen molar-refractivity contribution in [3.05, 3.63) is 18.1 Å². The van der Waals surface area contributed by atoms with E-state index in [1.54, 1.807) is 12.4 Å². The molecule has 0 radical (unpaired) electrons. The van der Waals surface area contributed by atoms with Crippen LogP contribution in [0.3, 0.4) is 0 Å². The van der Waals surface area contributed by atoms with Crippen LogP contribution < -0.4 is 5.73 Å². The largest absolute Gasteiger partial charge is 0.382 e. The highest BCUT2D eigenvalue weighted by molar-refractivity contribution is 5.34. The van der Waals surface area contributed by atoms with Crippen LogP contribution in [0, 0.1) is 0 Å². The first-order valence-corrected chi connectivity index (χ1v) is 4.43. The van der Waals surface area contributed by atoms with Gasteiger partial charge in [-0.15, -0.1) is 0 Å². The minimum absolute atomic E-state index is 0.221. The maximum atomic E-state index is 5.71. The second kappa shape index (κ2) is 4.18. The summed E-state index contributed by atoms with van der Waals surface area (Å²) in [5.74, 6) is 0.523. The summed E-state index contributed by atoms with van der Waals surface area (Å²) >= 11 is 0. The molecule has 0 fully saturated rings. The summed E-state index contributed by atoms with van der Waals surface area (Å²) in [6.45, 7) is 5.14. The molecule has 0 aliphatic rings. The Balaban J connectivity index is 2.88. The van der Waals surface area contributed by atoms with Gasteiger partial charge in [0.15, 0.2) is 0 Å². The third-order valence-electron chi connectivity index (χ3n) is 2.31. The fourth-order valence-corrected chi connectivity index (χ4v) is 1.16. The molecule has 72 valence electrons. The van der Waals surface area contributed by atoms with Crippen molar-refractivity contribution in [3.8, 4) is 0 Å². The lowest BCUT2D eigenvalue weighted by atomic mass is 10.2. The van der Waals surface area contributed by atoms with E-state index in [0.29, 0.717) is 5.82 Å². The van der Waals surface area contributed by atoms with Crippen molar-refractivity contribution in [1.29, 1.82) is 0 Å². The molecule has 0 saturated heterocycles. The number of aromatic nitrogens is 2. The third-order valence-corrected chi connectivity index (χ3v) is 2.31. The van der Waals surface area contributed by atoms with E-state index in [4.69, 9.17) is 5.73 Å². The molecule has 1 aromatic heterocycles. The molecule has 0 aromatic carbocycles. The molecule has 13 heavy (non-hydrogen) atoms. The van der Waals surface area contributed by atoms with Crippen LogP contribution >= 0.6 is 0 Å². The average molecular weight is 180 g/mol. The van der Waals surface area contributed by atoms with Gasteiger partial charge in [0.2, 0.25) is 0 Å². The van der Waals surface area contributed by atoms with Crippen LogP contribution in [-0.4, -0.2) is 28.5 Å². The van der Waals surface area contributed by atoms with Gasteiger partial charge in [-0.05, 0) is 20.5 Å². The number of rotatable bonds is 3. The van der Waals surface area contributed by atoms with Crippen LogP contribution in [0.1, 0.15) is 25.6 Å². The molecule has 0 saturated carbocycles. The van der Waals surface area contributed by atoms with Gasteiger partial charge < -0.3 is 5.73 Å². The predicted octanol–water partition coefficient (Wildman–Crippen LogP) is 1.07. The van der Waals surface area contributed by atoms with Crippen LogP contribution in [0.5, 0.6) is 0 Å². The summed E-state index contributed by atoms with van der Waals surface area (Å²) in [6.07, 6.45) is 3.28. The van der Waals surface area contributed by atoms with Gasteiger partial charge in [0.1, 0.15) is 5.82 Å². The Kier molecular flexibility index (Phi) is 3.19. The summed E-state index contributed by atoms with van der Waals surface area (Å²) < 4.78 is 0. The minimum Gasteiger partial charge on any atom is -0.382 e. The van der Waals surface area contributed by atoms with Crippen LogP contribution in [0.4, 0.5) is 5.82 Å². The number of nitrogen functional groups attached to an aromatic ring is 1. The molecular weight excluding hydrogens is 164 g/mol. The third kappa shape index (κ3) is 2.15. The Morgan fingerprint density at radius 1 is 1.46 bits per heavy atom. The van der Waals surface area contributed by atoms with Crippen molar-refractivity contribution in [2.75, 3.05) is 19.3 Å². The van der Waals surface area contributed by atoms with E-state index >= 15 is 0 Å². The molecule has 1 heterocycles. The summed E-state index contributed by atoms with van der Waals surface area (Å²) in [7, 11) is 2.04. The Morgan fingerprint density at radius 3 is 2.62 bits per heavy atom. The second-order valence-corrected chi connectivity index (χ2v) is 3.08. The number of hydrogen-bond acceptors (Lipinski definition) is 4. The maximum absolute atomic E-state index is 5.71. The van der Waals surface area contributed by atoms with Crippen LogP contribution in [0.2, 0.25) is 0 Å². The van der Waals surface area contributed by atoms with E-state index in [1.807, 2.05) is 7.05 Å². The molecular formula is C9H16N4. The highest BCUT2D eigenvalue weighted by Crippen LogP contribution is 2.19. The maximum Gasteiger partial charge on any atom is 0.146 e. The molecule has 0 amide bonds. The monoisotopic (exact) mass is 180 g/mol. The molecule has 1 aromatic rings. The van der Waals surface area contributed by atoms with E-state index in [9.17, 15) is 0 Å². The molecule has 0 bridgehead atoms. The fraction of sp³-hybridized carbons (Fsp3) is 0.556. The van der Waals surface area contributed by atoms with Crippen molar-refractivity contribution in [2.24, 2.45) is 0 Å². The minimum atomic E-state index is 0.221. The topological polar surface area (TPSA) is 55.0 Å². The van der Waals surface area contributed by atoms with E-state index < -0.39 is 0 Å². The van der Waals surface area contributed by atoms with Crippen LogP contribution in [-0.2, 0) is 0 Å². The molecule has 0 spiro atoms. The van der Waals surface area contributed by atoms with E-state index in [1.165, 1.54) is 0 Å². The van der Waals surface area contributed by atoms with E-state index in [2.05, 4.69) is 28.7 Å². The Morgan fingerprint density at radius 2 is 2.08 bits per heavy atom. The molecule has 1 unspecified atom stereocenters. The van der Waals surface area contributed by atoms with Gasteiger partial charge in [-0.25, -0.2) is 4.98 Å². The van der Waals surface area contributed by atoms with Gasteiger partial charge in [0.25, 0.3) is 0 Å². The predicted molar refractivity (Wildman–Crippen MR) is 53.2 cm³/mol.